The van der Waals surface area contributed by atoms with Crippen molar-refractivity contribution in [3.05, 3.63) is 76.3 Å². The van der Waals surface area contributed by atoms with Crippen LogP contribution in [-0.2, 0) is 11.8 Å². The number of hydrogen-bond acceptors (Lipinski definition) is 1. The number of benzene rings is 2. The Balaban J connectivity index is 1.92. The van der Waals surface area contributed by atoms with Crippen molar-refractivity contribution in [3.8, 4) is 5.75 Å². The van der Waals surface area contributed by atoms with Crippen LogP contribution in [0.1, 0.15) is 31.4 Å². The Morgan fingerprint density at radius 3 is 2.48 bits per heavy atom. The van der Waals surface area contributed by atoms with Gasteiger partial charge in [0.25, 0.3) is 0 Å². The third-order valence-corrected chi connectivity index (χ3v) is 6.85. The molecule has 1 aliphatic carbocycles. The number of halogens is 3. The molecular formula is C23H23ClF2O. The first-order valence-corrected chi connectivity index (χ1v) is 9.75. The summed E-state index contributed by atoms with van der Waals surface area (Å²) in [7, 11) is 0. The Bertz CT molecular complexity index is 892. The predicted molar refractivity (Wildman–Crippen MR) is 104 cm³/mol. The monoisotopic (exact) mass is 388 g/mol. The number of rotatable bonds is 2. The molecule has 4 heteroatoms. The minimum absolute atomic E-state index is 0.0423. The maximum absolute atomic E-state index is 15.1. The van der Waals surface area contributed by atoms with E-state index >= 15 is 4.39 Å². The van der Waals surface area contributed by atoms with Gasteiger partial charge < -0.3 is 4.74 Å². The Morgan fingerprint density at radius 1 is 1.11 bits per heavy atom. The van der Waals surface area contributed by atoms with Gasteiger partial charge in [-0.2, -0.15) is 0 Å². The molecule has 2 aromatic carbocycles. The van der Waals surface area contributed by atoms with Gasteiger partial charge in [0.1, 0.15) is 5.82 Å². The SMILES string of the molecule is C=C1[C@H](C)C[C@@]2(Cc3ccc(Cl)cc3)c3c(F)ccc(F)c3OC[C@H]2[C@@H]1C. The van der Waals surface area contributed by atoms with Crippen LogP contribution in [0.5, 0.6) is 5.75 Å². The smallest absolute Gasteiger partial charge is 0.165 e. The van der Waals surface area contributed by atoms with Crippen LogP contribution >= 0.6 is 11.6 Å². The van der Waals surface area contributed by atoms with E-state index in [0.29, 0.717) is 23.6 Å². The maximum Gasteiger partial charge on any atom is 0.165 e. The lowest BCUT2D eigenvalue weighted by Crippen LogP contribution is -2.52. The van der Waals surface area contributed by atoms with Crippen LogP contribution in [-0.4, -0.2) is 6.61 Å². The van der Waals surface area contributed by atoms with Crippen molar-refractivity contribution in [1.82, 2.24) is 0 Å². The van der Waals surface area contributed by atoms with Gasteiger partial charge in [0.15, 0.2) is 11.6 Å². The minimum atomic E-state index is -0.534. The number of hydrogen-bond donors (Lipinski definition) is 0. The molecule has 0 amide bonds. The Morgan fingerprint density at radius 2 is 1.78 bits per heavy atom. The van der Waals surface area contributed by atoms with Crippen molar-refractivity contribution in [3.63, 3.8) is 0 Å². The molecule has 2 aromatic rings. The molecule has 1 fully saturated rings. The van der Waals surface area contributed by atoms with Crippen molar-refractivity contribution in [1.29, 1.82) is 0 Å². The summed E-state index contributed by atoms with van der Waals surface area (Å²) < 4.78 is 35.4. The van der Waals surface area contributed by atoms with E-state index < -0.39 is 17.0 Å². The molecule has 1 saturated carbocycles. The highest BCUT2D eigenvalue weighted by Gasteiger charge is 2.54. The summed E-state index contributed by atoms with van der Waals surface area (Å²) in [6.07, 6.45) is 1.34. The molecule has 1 heterocycles. The molecule has 142 valence electrons. The zero-order chi connectivity index (χ0) is 19.3. The second-order valence-electron chi connectivity index (χ2n) is 8.08. The van der Waals surface area contributed by atoms with Crippen LogP contribution in [0.3, 0.4) is 0 Å². The van der Waals surface area contributed by atoms with Gasteiger partial charge in [0, 0.05) is 21.9 Å². The molecule has 0 saturated heterocycles. The first-order valence-electron chi connectivity index (χ1n) is 9.38. The standard InChI is InChI=1S/C23H23ClF2O/c1-13-10-23(11-16-4-6-17(24)7-5-16)18(15(3)14(13)2)12-27-22-20(26)9-8-19(25)21(22)23/h4-9,13,15,18H,2,10-12H2,1,3H3/t13-,15-,18+,23+/m1/s1. The average molecular weight is 389 g/mol. The first-order chi connectivity index (χ1) is 12.8. The molecule has 0 bridgehead atoms. The highest BCUT2D eigenvalue weighted by molar-refractivity contribution is 6.30. The van der Waals surface area contributed by atoms with Crippen LogP contribution in [0.2, 0.25) is 5.02 Å². The van der Waals surface area contributed by atoms with E-state index in [1.54, 1.807) is 0 Å². The molecule has 1 aliphatic heterocycles. The van der Waals surface area contributed by atoms with Crippen LogP contribution in [0.4, 0.5) is 8.78 Å². The van der Waals surface area contributed by atoms with Crippen molar-refractivity contribution in [2.24, 2.45) is 17.8 Å². The van der Waals surface area contributed by atoms with Crippen LogP contribution in [0.25, 0.3) is 0 Å². The fraction of sp³-hybridized carbons (Fsp3) is 0.391. The zero-order valence-electron chi connectivity index (χ0n) is 15.6. The molecule has 0 N–H and O–H groups in total. The van der Waals surface area contributed by atoms with Crippen molar-refractivity contribution >= 4 is 11.6 Å². The molecule has 0 spiro atoms. The van der Waals surface area contributed by atoms with E-state index in [1.807, 2.05) is 24.3 Å². The van der Waals surface area contributed by atoms with Crippen molar-refractivity contribution in [2.75, 3.05) is 6.61 Å². The quantitative estimate of drug-likeness (QED) is 0.545. The summed E-state index contributed by atoms with van der Waals surface area (Å²) in [6.45, 7) is 8.90. The van der Waals surface area contributed by atoms with E-state index in [9.17, 15) is 4.39 Å². The van der Waals surface area contributed by atoms with Crippen molar-refractivity contribution in [2.45, 2.75) is 32.1 Å². The molecule has 0 aromatic heterocycles. The van der Waals surface area contributed by atoms with Crippen LogP contribution in [0, 0.1) is 29.4 Å². The highest BCUT2D eigenvalue weighted by atomic mass is 35.5. The number of ether oxygens (including phenoxy) is 1. The molecular weight excluding hydrogens is 366 g/mol. The molecule has 27 heavy (non-hydrogen) atoms. The van der Waals surface area contributed by atoms with Crippen molar-refractivity contribution < 1.29 is 13.5 Å². The second-order valence-corrected chi connectivity index (χ2v) is 8.52. The lowest BCUT2D eigenvalue weighted by molar-refractivity contribution is 0.0491. The summed E-state index contributed by atoms with van der Waals surface area (Å²) in [5, 5.41) is 0.663. The molecule has 1 nitrogen and oxygen atoms in total. The molecule has 4 atom stereocenters. The van der Waals surface area contributed by atoms with E-state index in [1.165, 1.54) is 6.07 Å². The van der Waals surface area contributed by atoms with Gasteiger partial charge in [0.05, 0.1) is 6.61 Å². The molecule has 4 rings (SSSR count). The predicted octanol–water partition coefficient (Wildman–Crippen LogP) is 6.34. The maximum atomic E-state index is 15.1. The third-order valence-electron chi connectivity index (χ3n) is 6.60. The fourth-order valence-corrected chi connectivity index (χ4v) is 5.30. The van der Waals surface area contributed by atoms with Gasteiger partial charge in [0.2, 0.25) is 0 Å². The largest absolute Gasteiger partial charge is 0.490 e. The normalized spacial score (nSPS) is 29.7. The third kappa shape index (κ3) is 2.87. The zero-order valence-corrected chi connectivity index (χ0v) is 16.3. The Labute approximate surface area is 164 Å². The molecule has 2 aliphatic rings. The van der Waals surface area contributed by atoms with E-state index in [2.05, 4.69) is 20.4 Å². The van der Waals surface area contributed by atoms with Crippen LogP contribution < -0.4 is 4.74 Å². The lowest BCUT2D eigenvalue weighted by Gasteiger charge is -2.53. The molecule has 0 radical (unpaired) electrons. The summed E-state index contributed by atoms with van der Waals surface area (Å²) in [6, 6.07) is 10.0. The van der Waals surface area contributed by atoms with Gasteiger partial charge in [-0.05, 0) is 54.5 Å². The van der Waals surface area contributed by atoms with Gasteiger partial charge in [-0.25, -0.2) is 8.78 Å². The number of allylic oxidation sites excluding steroid dienone is 1. The first kappa shape index (κ1) is 18.5. The van der Waals surface area contributed by atoms with E-state index in [0.717, 1.165) is 23.6 Å². The fourth-order valence-electron chi connectivity index (χ4n) is 5.18. The minimum Gasteiger partial charge on any atom is -0.490 e. The van der Waals surface area contributed by atoms with Gasteiger partial charge in [-0.1, -0.05) is 49.7 Å². The summed E-state index contributed by atoms with van der Waals surface area (Å²) in [4.78, 5) is 0. The second kappa shape index (κ2) is 6.63. The van der Waals surface area contributed by atoms with E-state index in [4.69, 9.17) is 16.3 Å². The lowest BCUT2D eigenvalue weighted by atomic mass is 9.52. The Hall–Kier alpha value is -1.87. The van der Waals surface area contributed by atoms with Gasteiger partial charge in [-0.3, -0.25) is 0 Å². The topological polar surface area (TPSA) is 9.23 Å². The summed E-state index contributed by atoms with van der Waals surface area (Å²) >= 11 is 6.04. The van der Waals surface area contributed by atoms with Gasteiger partial charge >= 0.3 is 0 Å². The average Bonchev–Trinajstić information content (AvgIpc) is 2.64. The van der Waals surface area contributed by atoms with Crippen LogP contribution in [0.15, 0.2) is 48.6 Å². The van der Waals surface area contributed by atoms with E-state index in [-0.39, 0.29) is 23.5 Å². The molecule has 0 unspecified atom stereocenters. The number of fused-ring (bicyclic) bond motifs is 3. The Kier molecular flexibility index (Phi) is 4.54. The highest BCUT2D eigenvalue weighted by Crippen LogP contribution is 2.57. The summed E-state index contributed by atoms with van der Waals surface area (Å²) in [5.41, 5.74) is 2.08. The van der Waals surface area contributed by atoms with Gasteiger partial charge in [-0.15, -0.1) is 0 Å². The summed E-state index contributed by atoms with van der Waals surface area (Å²) in [5.74, 6) is -0.385.